The molecule has 2 aromatic rings. The summed E-state index contributed by atoms with van der Waals surface area (Å²) in [5, 5.41) is 13.1. The maximum Gasteiger partial charge on any atom is 0.343 e. The summed E-state index contributed by atoms with van der Waals surface area (Å²) in [6, 6.07) is 4.22. The number of hydrogen-bond acceptors (Lipinski definition) is 3. The molecule has 0 unspecified atom stereocenters. The van der Waals surface area contributed by atoms with Crippen LogP contribution in [-0.2, 0) is 7.05 Å². The van der Waals surface area contributed by atoms with Crippen LogP contribution in [0, 0.1) is 19.7 Å². The van der Waals surface area contributed by atoms with Crippen LogP contribution in [0.2, 0.25) is 0 Å². The van der Waals surface area contributed by atoms with Crippen LogP contribution < -0.4 is 4.74 Å². The Balaban J connectivity index is 2.43. The van der Waals surface area contributed by atoms with E-state index in [0.717, 1.165) is 0 Å². The standard InChI is InChI=1S/C13H13FN2O3/c1-7-6-9(4-5-10(7)14)19-12-11(13(17)18)8(2)15-16(12)3/h4-6H,1-3H3,(H,17,18). The summed E-state index contributed by atoms with van der Waals surface area (Å²) in [7, 11) is 1.59. The van der Waals surface area contributed by atoms with Crippen LogP contribution in [0.15, 0.2) is 18.2 Å². The van der Waals surface area contributed by atoms with Crippen molar-refractivity contribution in [3.05, 3.63) is 40.8 Å². The van der Waals surface area contributed by atoms with Gasteiger partial charge in [-0.05, 0) is 37.6 Å². The van der Waals surface area contributed by atoms with E-state index in [2.05, 4.69) is 5.10 Å². The Morgan fingerprint density at radius 1 is 1.42 bits per heavy atom. The van der Waals surface area contributed by atoms with Crippen LogP contribution in [0.5, 0.6) is 11.6 Å². The lowest BCUT2D eigenvalue weighted by Crippen LogP contribution is -2.02. The normalized spacial score (nSPS) is 10.5. The number of aromatic nitrogens is 2. The van der Waals surface area contributed by atoms with E-state index in [1.54, 1.807) is 20.9 Å². The Bertz CT molecular complexity index is 650. The highest BCUT2D eigenvalue weighted by molar-refractivity contribution is 5.91. The molecule has 1 aromatic carbocycles. The molecule has 0 bridgehead atoms. The number of halogens is 1. The van der Waals surface area contributed by atoms with Gasteiger partial charge in [0.25, 0.3) is 0 Å². The lowest BCUT2D eigenvalue weighted by Gasteiger charge is -2.08. The molecule has 0 radical (unpaired) electrons. The third kappa shape index (κ3) is 2.42. The molecule has 19 heavy (non-hydrogen) atoms. The van der Waals surface area contributed by atoms with Crippen molar-refractivity contribution in [1.29, 1.82) is 0 Å². The van der Waals surface area contributed by atoms with Crippen LogP contribution in [0.3, 0.4) is 0 Å². The molecular weight excluding hydrogens is 251 g/mol. The molecule has 0 spiro atoms. The van der Waals surface area contributed by atoms with E-state index < -0.39 is 5.97 Å². The van der Waals surface area contributed by atoms with Crippen molar-refractivity contribution in [2.24, 2.45) is 7.05 Å². The smallest absolute Gasteiger partial charge is 0.343 e. The quantitative estimate of drug-likeness (QED) is 0.925. The number of ether oxygens (including phenoxy) is 1. The number of nitrogens with zero attached hydrogens (tertiary/aromatic N) is 2. The van der Waals surface area contributed by atoms with E-state index in [4.69, 9.17) is 9.84 Å². The monoisotopic (exact) mass is 264 g/mol. The van der Waals surface area contributed by atoms with Crippen molar-refractivity contribution in [3.63, 3.8) is 0 Å². The van der Waals surface area contributed by atoms with Gasteiger partial charge in [0.1, 0.15) is 17.1 Å². The molecule has 1 heterocycles. The number of carbonyl (C=O) groups is 1. The van der Waals surface area contributed by atoms with Crippen LogP contribution in [-0.4, -0.2) is 20.9 Å². The van der Waals surface area contributed by atoms with Gasteiger partial charge in [-0.15, -0.1) is 0 Å². The molecule has 2 rings (SSSR count). The Kier molecular flexibility index (Phi) is 3.25. The van der Waals surface area contributed by atoms with Gasteiger partial charge >= 0.3 is 5.97 Å². The second-order valence-corrected chi connectivity index (χ2v) is 4.21. The van der Waals surface area contributed by atoms with Crippen LogP contribution in [0.1, 0.15) is 21.6 Å². The first-order chi connectivity index (χ1) is 8.90. The summed E-state index contributed by atoms with van der Waals surface area (Å²) in [4.78, 5) is 11.2. The Morgan fingerprint density at radius 3 is 2.68 bits per heavy atom. The molecule has 0 aliphatic heterocycles. The first-order valence-electron chi connectivity index (χ1n) is 5.61. The van der Waals surface area contributed by atoms with Gasteiger partial charge in [0.2, 0.25) is 5.88 Å². The van der Waals surface area contributed by atoms with E-state index in [9.17, 15) is 9.18 Å². The number of carboxylic acid groups (broad SMARTS) is 1. The van der Waals surface area contributed by atoms with Gasteiger partial charge in [0.05, 0.1) is 5.69 Å². The van der Waals surface area contributed by atoms with Crippen molar-refractivity contribution < 1.29 is 19.0 Å². The summed E-state index contributed by atoms with van der Waals surface area (Å²) in [5.41, 5.74) is 0.793. The van der Waals surface area contributed by atoms with Crippen molar-refractivity contribution >= 4 is 5.97 Å². The number of aryl methyl sites for hydroxylation is 3. The molecule has 1 aromatic heterocycles. The highest BCUT2D eigenvalue weighted by Gasteiger charge is 2.21. The van der Waals surface area contributed by atoms with Crippen molar-refractivity contribution in [3.8, 4) is 11.6 Å². The largest absolute Gasteiger partial charge is 0.477 e. The average molecular weight is 264 g/mol. The molecule has 0 amide bonds. The Morgan fingerprint density at radius 2 is 2.11 bits per heavy atom. The van der Waals surface area contributed by atoms with Crippen LogP contribution >= 0.6 is 0 Å². The highest BCUT2D eigenvalue weighted by atomic mass is 19.1. The number of carboxylic acids is 1. The first-order valence-corrected chi connectivity index (χ1v) is 5.61. The molecule has 0 atom stereocenters. The van der Waals surface area contributed by atoms with Crippen molar-refractivity contribution in [2.45, 2.75) is 13.8 Å². The number of rotatable bonds is 3. The molecule has 0 fully saturated rings. The van der Waals surface area contributed by atoms with Gasteiger partial charge < -0.3 is 9.84 Å². The van der Waals surface area contributed by atoms with Gasteiger partial charge in [-0.25, -0.2) is 13.9 Å². The predicted octanol–water partition coefficient (Wildman–Crippen LogP) is 2.67. The molecule has 0 saturated heterocycles. The Hall–Kier alpha value is -2.37. The number of aromatic carboxylic acids is 1. The number of benzene rings is 1. The van der Waals surface area contributed by atoms with E-state index in [-0.39, 0.29) is 17.3 Å². The fraction of sp³-hybridized carbons (Fsp3) is 0.231. The van der Waals surface area contributed by atoms with E-state index in [1.165, 1.54) is 22.9 Å². The van der Waals surface area contributed by atoms with Gasteiger partial charge in [-0.1, -0.05) is 0 Å². The van der Waals surface area contributed by atoms with Gasteiger partial charge in [-0.2, -0.15) is 5.10 Å². The van der Waals surface area contributed by atoms with Gasteiger partial charge in [-0.3, -0.25) is 0 Å². The molecule has 0 saturated carbocycles. The van der Waals surface area contributed by atoms with Crippen molar-refractivity contribution in [2.75, 3.05) is 0 Å². The fourth-order valence-electron chi connectivity index (χ4n) is 1.79. The first kappa shape index (κ1) is 13.1. The lowest BCUT2D eigenvalue weighted by atomic mass is 10.2. The molecular formula is C13H13FN2O3. The topological polar surface area (TPSA) is 64.3 Å². The number of hydrogen-bond donors (Lipinski definition) is 1. The zero-order valence-electron chi connectivity index (χ0n) is 10.8. The van der Waals surface area contributed by atoms with E-state index in [1.807, 2.05) is 0 Å². The van der Waals surface area contributed by atoms with E-state index >= 15 is 0 Å². The minimum absolute atomic E-state index is 0.00415. The highest BCUT2D eigenvalue weighted by Crippen LogP contribution is 2.28. The average Bonchev–Trinajstić information content (AvgIpc) is 2.59. The predicted molar refractivity (Wildman–Crippen MR) is 66.1 cm³/mol. The lowest BCUT2D eigenvalue weighted by molar-refractivity contribution is 0.0693. The molecule has 6 heteroatoms. The summed E-state index contributed by atoms with van der Waals surface area (Å²) in [6.07, 6.45) is 0. The molecule has 0 aliphatic rings. The van der Waals surface area contributed by atoms with E-state index in [0.29, 0.717) is 17.0 Å². The van der Waals surface area contributed by atoms with Gasteiger partial charge in [0.15, 0.2) is 0 Å². The molecule has 5 nitrogen and oxygen atoms in total. The summed E-state index contributed by atoms with van der Waals surface area (Å²) in [5.74, 6) is -0.966. The summed E-state index contributed by atoms with van der Waals surface area (Å²) in [6.45, 7) is 3.20. The van der Waals surface area contributed by atoms with Crippen molar-refractivity contribution in [1.82, 2.24) is 9.78 Å². The van der Waals surface area contributed by atoms with Crippen LogP contribution in [0.4, 0.5) is 4.39 Å². The third-order valence-corrected chi connectivity index (χ3v) is 2.73. The molecule has 1 N–H and O–H groups in total. The maximum absolute atomic E-state index is 13.2. The zero-order chi connectivity index (χ0) is 14.2. The zero-order valence-corrected chi connectivity index (χ0v) is 10.8. The van der Waals surface area contributed by atoms with Gasteiger partial charge in [0, 0.05) is 7.05 Å². The second kappa shape index (κ2) is 4.72. The minimum Gasteiger partial charge on any atom is -0.477 e. The minimum atomic E-state index is -1.11. The second-order valence-electron chi connectivity index (χ2n) is 4.21. The fourth-order valence-corrected chi connectivity index (χ4v) is 1.79. The maximum atomic E-state index is 13.2. The SMILES string of the molecule is Cc1cc(Oc2c(C(=O)O)c(C)nn2C)ccc1F. The third-order valence-electron chi connectivity index (χ3n) is 2.73. The molecule has 100 valence electrons. The Labute approximate surface area is 109 Å². The molecule has 0 aliphatic carbocycles. The summed E-state index contributed by atoms with van der Waals surface area (Å²) >= 11 is 0. The summed E-state index contributed by atoms with van der Waals surface area (Å²) < 4.78 is 20.0. The van der Waals surface area contributed by atoms with Crippen LogP contribution in [0.25, 0.3) is 0 Å².